The lowest BCUT2D eigenvalue weighted by Crippen LogP contribution is -1.97. The Kier molecular flexibility index (Phi) is 2.82. The van der Waals surface area contributed by atoms with E-state index in [1.54, 1.807) is 0 Å². The van der Waals surface area contributed by atoms with E-state index in [1.165, 1.54) is 11.1 Å². The maximum atomic E-state index is 5.78. The van der Waals surface area contributed by atoms with Crippen LogP contribution in [0.15, 0.2) is 48.5 Å². The molecule has 1 unspecified atom stereocenters. The van der Waals surface area contributed by atoms with Gasteiger partial charge in [0.1, 0.15) is 0 Å². The van der Waals surface area contributed by atoms with Gasteiger partial charge in [-0.1, -0.05) is 31.2 Å². The van der Waals surface area contributed by atoms with Crippen molar-refractivity contribution < 1.29 is 0 Å². The van der Waals surface area contributed by atoms with E-state index in [2.05, 4.69) is 25.1 Å². The van der Waals surface area contributed by atoms with Gasteiger partial charge in [0.2, 0.25) is 0 Å². The molecule has 0 fully saturated rings. The van der Waals surface area contributed by atoms with Crippen molar-refractivity contribution in [3.8, 4) is 0 Å². The summed E-state index contributed by atoms with van der Waals surface area (Å²) >= 11 is 0. The second-order valence-electron chi connectivity index (χ2n) is 4.06. The highest BCUT2D eigenvalue weighted by Gasteiger charge is 2.07. The smallest absolute Gasteiger partial charge is 0.0316 e. The summed E-state index contributed by atoms with van der Waals surface area (Å²) in [5.74, 6) is 0.337. The van der Waals surface area contributed by atoms with Gasteiger partial charge in [-0.25, -0.2) is 0 Å². The number of nitrogen functional groups attached to an aromatic ring is 2. The van der Waals surface area contributed by atoms with E-state index in [1.807, 2.05) is 30.3 Å². The molecule has 0 aromatic heterocycles. The average molecular weight is 212 g/mol. The van der Waals surface area contributed by atoms with Crippen LogP contribution in [0.25, 0.3) is 0 Å². The molecule has 0 bridgehead atoms. The molecule has 2 rings (SSSR count). The summed E-state index contributed by atoms with van der Waals surface area (Å²) in [7, 11) is 0. The van der Waals surface area contributed by atoms with Crippen LogP contribution in [0.4, 0.5) is 11.4 Å². The van der Waals surface area contributed by atoms with Crippen molar-refractivity contribution in [1.82, 2.24) is 0 Å². The van der Waals surface area contributed by atoms with Gasteiger partial charge in [0.25, 0.3) is 0 Å². The zero-order valence-corrected chi connectivity index (χ0v) is 9.35. The minimum absolute atomic E-state index is 0.337. The molecule has 2 heteroatoms. The summed E-state index contributed by atoms with van der Waals surface area (Å²) in [6.07, 6.45) is 0. The van der Waals surface area contributed by atoms with Gasteiger partial charge in [-0.3, -0.25) is 0 Å². The Hall–Kier alpha value is -1.96. The number of hydrogen-bond acceptors (Lipinski definition) is 2. The fourth-order valence-corrected chi connectivity index (χ4v) is 1.81. The van der Waals surface area contributed by atoms with E-state index in [0.29, 0.717) is 5.92 Å². The Labute approximate surface area is 95.9 Å². The Balaban J connectivity index is 2.31. The van der Waals surface area contributed by atoms with Crippen LogP contribution in [-0.2, 0) is 0 Å². The molecule has 0 heterocycles. The van der Waals surface area contributed by atoms with Crippen LogP contribution in [0.2, 0.25) is 0 Å². The zero-order valence-electron chi connectivity index (χ0n) is 9.35. The van der Waals surface area contributed by atoms with E-state index in [-0.39, 0.29) is 0 Å². The monoisotopic (exact) mass is 212 g/mol. The Morgan fingerprint density at radius 1 is 0.812 bits per heavy atom. The van der Waals surface area contributed by atoms with Crippen LogP contribution >= 0.6 is 0 Å². The highest BCUT2D eigenvalue weighted by Crippen LogP contribution is 2.25. The van der Waals surface area contributed by atoms with Crippen molar-refractivity contribution in [2.75, 3.05) is 11.5 Å². The fourth-order valence-electron chi connectivity index (χ4n) is 1.81. The third-order valence-electron chi connectivity index (χ3n) is 2.85. The lowest BCUT2D eigenvalue weighted by Gasteiger charge is -2.13. The first-order valence-corrected chi connectivity index (χ1v) is 5.37. The zero-order chi connectivity index (χ0) is 11.5. The molecule has 0 aliphatic heterocycles. The molecule has 2 nitrogen and oxygen atoms in total. The molecule has 0 spiro atoms. The van der Waals surface area contributed by atoms with Gasteiger partial charge in [0, 0.05) is 17.3 Å². The summed E-state index contributed by atoms with van der Waals surface area (Å²) < 4.78 is 0. The quantitative estimate of drug-likeness (QED) is 0.752. The minimum Gasteiger partial charge on any atom is -0.399 e. The SMILES string of the molecule is CC(c1ccc(N)cc1)c1cccc(N)c1. The first kappa shape index (κ1) is 10.6. The molecule has 0 saturated heterocycles. The maximum absolute atomic E-state index is 5.78. The fraction of sp³-hybridized carbons (Fsp3) is 0.143. The molecule has 0 amide bonds. The molecule has 2 aromatic rings. The van der Waals surface area contributed by atoms with Crippen LogP contribution in [0.3, 0.4) is 0 Å². The normalized spacial score (nSPS) is 12.3. The van der Waals surface area contributed by atoms with Crippen molar-refractivity contribution >= 4 is 11.4 Å². The average Bonchev–Trinajstić information content (AvgIpc) is 2.29. The molecule has 0 saturated carbocycles. The third kappa shape index (κ3) is 2.16. The van der Waals surface area contributed by atoms with Crippen LogP contribution in [0.5, 0.6) is 0 Å². The van der Waals surface area contributed by atoms with E-state index < -0.39 is 0 Å². The van der Waals surface area contributed by atoms with Gasteiger partial charge in [-0.2, -0.15) is 0 Å². The summed E-state index contributed by atoms with van der Waals surface area (Å²) in [5, 5.41) is 0. The number of nitrogens with two attached hydrogens (primary N) is 2. The van der Waals surface area contributed by atoms with Crippen LogP contribution in [-0.4, -0.2) is 0 Å². The number of hydrogen-bond donors (Lipinski definition) is 2. The largest absolute Gasteiger partial charge is 0.399 e. The van der Waals surface area contributed by atoms with E-state index in [4.69, 9.17) is 11.5 Å². The first-order chi connectivity index (χ1) is 7.66. The van der Waals surface area contributed by atoms with Crippen molar-refractivity contribution in [3.05, 3.63) is 59.7 Å². The predicted molar refractivity (Wildman–Crippen MR) is 69.2 cm³/mol. The molecule has 2 aromatic carbocycles. The van der Waals surface area contributed by atoms with Gasteiger partial charge < -0.3 is 11.5 Å². The summed E-state index contributed by atoms with van der Waals surface area (Å²) in [6.45, 7) is 2.17. The molecular weight excluding hydrogens is 196 g/mol. The first-order valence-electron chi connectivity index (χ1n) is 5.37. The van der Waals surface area contributed by atoms with Crippen molar-refractivity contribution in [1.29, 1.82) is 0 Å². The second kappa shape index (κ2) is 4.27. The molecular formula is C14H16N2. The number of anilines is 2. The number of rotatable bonds is 2. The summed E-state index contributed by atoms with van der Waals surface area (Å²) in [5.41, 5.74) is 15.5. The Morgan fingerprint density at radius 2 is 1.50 bits per heavy atom. The Morgan fingerprint density at radius 3 is 2.12 bits per heavy atom. The molecule has 0 radical (unpaired) electrons. The van der Waals surface area contributed by atoms with Gasteiger partial charge in [-0.05, 0) is 35.4 Å². The minimum atomic E-state index is 0.337. The van der Waals surface area contributed by atoms with Crippen molar-refractivity contribution in [3.63, 3.8) is 0 Å². The van der Waals surface area contributed by atoms with Gasteiger partial charge >= 0.3 is 0 Å². The highest BCUT2D eigenvalue weighted by atomic mass is 14.5. The van der Waals surface area contributed by atoms with E-state index in [9.17, 15) is 0 Å². The van der Waals surface area contributed by atoms with Gasteiger partial charge in [0.15, 0.2) is 0 Å². The topological polar surface area (TPSA) is 52.0 Å². The molecule has 4 N–H and O–H groups in total. The highest BCUT2D eigenvalue weighted by molar-refractivity contribution is 5.46. The van der Waals surface area contributed by atoms with E-state index >= 15 is 0 Å². The Bertz CT molecular complexity index is 474. The van der Waals surface area contributed by atoms with Crippen molar-refractivity contribution in [2.45, 2.75) is 12.8 Å². The standard InChI is InChI=1S/C14H16N2/c1-10(11-5-7-13(15)8-6-11)12-3-2-4-14(16)9-12/h2-10H,15-16H2,1H3. The number of benzene rings is 2. The lowest BCUT2D eigenvalue weighted by molar-refractivity contribution is 0.923. The molecule has 0 aliphatic rings. The van der Waals surface area contributed by atoms with Gasteiger partial charge in [-0.15, -0.1) is 0 Å². The second-order valence-corrected chi connectivity index (χ2v) is 4.06. The van der Waals surface area contributed by atoms with Crippen LogP contribution in [0.1, 0.15) is 24.0 Å². The van der Waals surface area contributed by atoms with E-state index in [0.717, 1.165) is 11.4 Å². The van der Waals surface area contributed by atoms with Crippen LogP contribution < -0.4 is 11.5 Å². The third-order valence-corrected chi connectivity index (χ3v) is 2.85. The molecule has 0 aliphatic carbocycles. The molecule has 16 heavy (non-hydrogen) atoms. The lowest BCUT2D eigenvalue weighted by atomic mass is 9.93. The van der Waals surface area contributed by atoms with Gasteiger partial charge in [0.05, 0.1) is 0 Å². The summed E-state index contributed by atoms with van der Waals surface area (Å²) in [6, 6.07) is 16.0. The molecule has 82 valence electrons. The van der Waals surface area contributed by atoms with Crippen LogP contribution in [0, 0.1) is 0 Å². The predicted octanol–water partition coefficient (Wildman–Crippen LogP) is 3.00. The summed E-state index contributed by atoms with van der Waals surface area (Å²) in [4.78, 5) is 0. The van der Waals surface area contributed by atoms with Crippen molar-refractivity contribution in [2.24, 2.45) is 0 Å². The molecule has 1 atom stereocenters. The maximum Gasteiger partial charge on any atom is 0.0316 e.